The van der Waals surface area contributed by atoms with Gasteiger partial charge in [-0.2, -0.15) is 0 Å². The van der Waals surface area contributed by atoms with E-state index in [2.05, 4.69) is 23.2 Å². The fourth-order valence-electron chi connectivity index (χ4n) is 1.76. The Labute approximate surface area is 86.0 Å². The maximum Gasteiger partial charge on any atom is 0.127 e. The summed E-state index contributed by atoms with van der Waals surface area (Å²) in [6.45, 7) is 10.1. The van der Waals surface area contributed by atoms with Crippen LogP contribution in [0, 0.1) is 5.92 Å². The van der Waals surface area contributed by atoms with E-state index in [4.69, 9.17) is 5.73 Å². The van der Waals surface area contributed by atoms with Gasteiger partial charge in [0.1, 0.15) is 5.82 Å². The first-order valence-electron chi connectivity index (χ1n) is 5.06. The van der Waals surface area contributed by atoms with Gasteiger partial charge < -0.3 is 10.6 Å². The smallest absolute Gasteiger partial charge is 0.127 e. The largest absolute Gasteiger partial charge is 0.357 e. The van der Waals surface area contributed by atoms with Crippen molar-refractivity contribution < 1.29 is 0 Å². The SMILES string of the molecule is C=C/C=C(\N=C)N1CCC(CN)CC1. The predicted molar refractivity (Wildman–Crippen MR) is 61.2 cm³/mol. The summed E-state index contributed by atoms with van der Waals surface area (Å²) in [5, 5.41) is 0. The number of allylic oxidation sites excluding steroid dienone is 2. The zero-order valence-electron chi connectivity index (χ0n) is 8.65. The van der Waals surface area contributed by atoms with E-state index in [1.54, 1.807) is 6.08 Å². The molecule has 0 unspecified atom stereocenters. The zero-order valence-corrected chi connectivity index (χ0v) is 8.65. The van der Waals surface area contributed by atoms with Gasteiger partial charge in [0.25, 0.3) is 0 Å². The molecule has 1 aliphatic heterocycles. The van der Waals surface area contributed by atoms with Crippen molar-refractivity contribution in [2.45, 2.75) is 12.8 Å². The highest BCUT2D eigenvalue weighted by Gasteiger charge is 2.18. The Morgan fingerprint density at radius 1 is 1.50 bits per heavy atom. The highest BCUT2D eigenvalue weighted by atomic mass is 15.2. The summed E-state index contributed by atoms with van der Waals surface area (Å²) in [6, 6.07) is 0. The third-order valence-corrected chi connectivity index (χ3v) is 2.70. The molecule has 0 aromatic heterocycles. The monoisotopic (exact) mass is 193 g/mol. The summed E-state index contributed by atoms with van der Waals surface area (Å²) in [5.74, 6) is 1.61. The van der Waals surface area contributed by atoms with Gasteiger partial charge in [-0.1, -0.05) is 12.7 Å². The molecule has 0 spiro atoms. The van der Waals surface area contributed by atoms with E-state index in [0.29, 0.717) is 5.92 Å². The molecule has 1 rings (SSSR count). The first-order chi connectivity index (χ1) is 6.81. The first-order valence-corrected chi connectivity index (χ1v) is 5.06. The Kier molecular flexibility index (Phi) is 4.40. The second-order valence-electron chi connectivity index (χ2n) is 3.58. The van der Waals surface area contributed by atoms with Gasteiger partial charge in [-0.15, -0.1) is 0 Å². The number of piperidine rings is 1. The molecule has 0 aromatic carbocycles. The van der Waals surface area contributed by atoms with Crippen molar-refractivity contribution >= 4 is 6.72 Å². The van der Waals surface area contributed by atoms with Crippen molar-refractivity contribution in [1.82, 2.24) is 4.90 Å². The lowest BCUT2D eigenvalue weighted by molar-refractivity contribution is 0.229. The average Bonchev–Trinajstić information content (AvgIpc) is 2.26. The molecule has 3 nitrogen and oxygen atoms in total. The van der Waals surface area contributed by atoms with Gasteiger partial charge >= 0.3 is 0 Å². The quantitative estimate of drug-likeness (QED) is 0.541. The van der Waals surface area contributed by atoms with Crippen molar-refractivity contribution in [1.29, 1.82) is 0 Å². The Balaban J connectivity index is 2.51. The molecule has 0 amide bonds. The van der Waals surface area contributed by atoms with Gasteiger partial charge in [0.2, 0.25) is 0 Å². The topological polar surface area (TPSA) is 41.6 Å². The second-order valence-corrected chi connectivity index (χ2v) is 3.58. The molecule has 1 fully saturated rings. The summed E-state index contributed by atoms with van der Waals surface area (Å²) in [6.07, 6.45) is 5.95. The van der Waals surface area contributed by atoms with Crippen LogP contribution < -0.4 is 5.73 Å². The van der Waals surface area contributed by atoms with E-state index in [-0.39, 0.29) is 0 Å². The van der Waals surface area contributed by atoms with Crippen molar-refractivity contribution in [2.75, 3.05) is 19.6 Å². The van der Waals surface area contributed by atoms with Crippen LogP contribution >= 0.6 is 0 Å². The molecule has 1 saturated heterocycles. The van der Waals surface area contributed by atoms with Crippen LogP contribution in [-0.2, 0) is 0 Å². The third kappa shape index (κ3) is 2.70. The summed E-state index contributed by atoms with van der Waals surface area (Å²) in [5.41, 5.74) is 5.63. The van der Waals surface area contributed by atoms with Crippen molar-refractivity contribution in [2.24, 2.45) is 16.6 Å². The molecule has 14 heavy (non-hydrogen) atoms. The first kappa shape index (κ1) is 11.0. The van der Waals surface area contributed by atoms with Crippen molar-refractivity contribution in [3.05, 3.63) is 24.6 Å². The summed E-state index contributed by atoms with van der Waals surface area (Å²) >= 11 is 0. The number of rotatable bonds is 4. The molecule has 1 heterocycles. The van der Waals surface area contributed by atoms with E-state index in [1.165, 1.54) is 0 Å². The van der Waals surface area contributed by atoms with Crippen LogP contribution in [0.15, 0.2) is 29.5 Å². The normalized spacial score (nSPS) is 19.5. The van der Waals surface area contributed by atoms with Gasteiger partial charge in [0.15, 0.2) is 0 Å². The summed E-state index contributed by atoms with van der Waals surface area (Å²) in [4.78, 5) is 6.22. The van der Waals surface area contributed by atoms with Crippen LogP contribution in [0.1, 0.15) is 12.8 Å². The average molecular weight is 193 g/mol. The number of hydrogen-bond acceptors (Lipinski definition) is 3. The molecule has 0 bridgehead atoms. The molecule has 3 heteroatoms. The predicted octanol–water partition coefficient (Wildman–Crippen LogP) is 1.39. The fraction of sp³-hybridized carbons (Fsp3) is 0.545. The van der Waals surface area contributed by atoms with E-state index < -0.39 is 0 Å². The maximum atomic E-state index is 5.63. The second kappa shape index (κ2) is 5.60. The number of aliphatic imine (C=N–C) groups is 1. The molecule has 0 aromatic rings. The van der Waals surface area contributed by atoms with E-state index in [9.17, 15) is 0 Å². The van der Waals surface area contributed by atoms with Crippen LogP contribution in [-0.4, -0.2) is 31.3 Å². The molecule has 2 N–H and O–H groups in total. The van der Waals surface area contributed by atoms with Crippen molar-refractivity contribution in [3.63, 3.8) is 0 Å². The Hall–Kier alpha value is -1.09. The highest BCUT2D eigenvalue weighted by Crippen LogP contribution is 2.19. The number of hydrogen-bond donors (Lipinski definition) is 1. The minimum absolute atomic E-state index is 0.682. The Morgan fingerprint density at radius 2 is 2.14 bits per heavy atom. The van der Waals surface area contributed by atoms with E-state index in [0.717, 1.165) is 38.3 Å². The Morgan fingerprint density at radius 3 is 2.57 bits per heavy atom. The molecule has 1 aliphatic rings. The van der Waals surface area contributed by atoms with Crippen LogP contribution in [0.3, 0.4) is 0 Å². The molecule has 0 aliphatic carbocycles. The van der Waals surface area contributed by atoms with Gasteiger partial charge in [0, 0.05) is 13.1 Å². The van der Waals surface area contributed by atoms with Gasteiger partial charge in [-0.05, 0) is 38.1 Å². The highest BCUT2D eigenvalue weighted by molar-refractivity contribution is 5.29. The molecular weight excluding hydrogens is 174 g/mol. The van der Waals surface area contributed by atoms with Crippen LogP contribution in [0.25, 0.3) is 0 Å². The number of nitrogens with two attached hydrogens (primary N) is 1. The van der Waals surface area contributed by atoms with Crippen LogP contribution in [0.4, 0.5) is 0 Å². The van der Waals surface area contributed by atoms with Crippen LogP contribution in [0.2, 0.25) is 0 Å². The van der Waals surface area contributed by atoms with Gasteiger partial charge in [-0.3, -0.25) is 0 Å². The zero-order chi connectivity index (χ0) is 10.4. The molecule has 0 radical (unpaired) electrons. The fourth-order valence-corrected chi connectivity index (χ4v) is 1.76. The van der Waals surface area contributed by atoms with Crippen LogP contribution in [0.5, 0.6) is 0 Å². The summed E-state index contributed by atoms with van der Waals surface area (Å²) in [7, 11) is 0. The molecular formula is C11H19N3. The lowest BCUT2D eigenvalue weighted by Crippen LogP contribution is -2.35. The van der Waals surface area contributed by atoms with Gasteiger partial charge in [0.05, 0.1) is 0 Å². The van der Waals surface area contributed by atoms with E-state index in [1.807, 2.05) is 6.08 Å². The Bertz CT molecular complexity index is 225. The number of likely N-dealkylation sites (tertiary alicyclic amines) is 1. The lowest BCUT2D eigenvalue weighted by atomic mass is 9.97. The molecule has 0 saturated carbocycles. The van der Waals surface area contributed by atoms with Crippen molar-refractivity contribution in [3.8, 4) is 0 Å². The maximum absolute atomic E-state index is 5.63. The van der Waals surface area contributed by atoms with Gasteiger partial charge in [-0.25, -0.2) is 4.99 Å². The third-order valence-electron chi connectivity index (χ3n) is 2.70. The minimum atomic E-state index is 0.682. The standard InChI is InChI=1S/C11H19N3/c1-3-4-11(13-2)14-7-5-10(9-12)6-8-14/h3-4,10H,1-2,5-9,12H2/b11-4+. The molecule has 0 atom stereocenters. The summed E-state index contributed by atoms with van der Waals surface area (Å²) < 4.78 is 0. The van der Waals surface area contributed by atoms with E-state index >= 15 is 0 Å². The molecule has 78 valence electrons. The minimum Gasteiger partial charge on any atom is -0.357 e. The number of nitrogens with zero attached hydrogens (tertiary/aromatic N) is 2. The lowest BCUT2D eigenvalue weighted by Gasteiger charge is -2.32.